The van der Waals surface area contributed by atoms with Gasteiger partial charge in [0.2, 0.25) is 5.91 Å². The maximum absolute atomic E-state index is 13.3. The van der Waals surface area contributed by atoms with E-state index in [4.69, 9.17) is 0 Å². The van der Waals surface area contributed by atoms with Gasteiger partial charge in [-0.1, -0.05) is 42.5 Å². The van der Waals surface area contributed by atoms with Crippen LogP contribution in [0.1, 0.15) is 11.3 Å². The number of carbonyl (C=O) groups is 1. The number of nitrogens with zero attached hydrogens (tertiary/aromatic N) is 1. The second-order valence-electron chi connectivity index (χ2n) is 5.56. The Labute approximate surface area is 151 Å². The topological polar surface area (TPSA) is 57.8 Å². The minimum absolute atomic E-state index is 0.234. The summed E-state index contributed by atoms with van der Waals surface area (Å²) in [5, 5.41) is 7.89. The number of amides is 1. The first-order valence-corrected chi connectivity index (χ1v) is 7.80. The minimum atomic E-state index is -4.66. The highest BCUT2D eigenvalue weighted by Crippen LogP contribution is 2.39. The van der Waals surface area contributed by atoms with Gasteiger partial charge in [0.25, 0.3) is 0 Å². The quantitative estimate of drug-likeness (QED) is 0.504. The van der Waals surface area contributed by atoms with Crippen LogP contribution in [0.15, 0.2) is 60.7 Å². The lowest BCUT2D eigenvalue weighted by molar-refractivity contribution is -0.140. The van der Waals surface area contributed by atoms with Crippen molar-refractivity contribution in [2.45, 2.75) is 6.18 Å². The van der Waals surface area contributed by atoms with E-state index in [0.29, 0.717) is 5.56 Å². The summed E-state index contributed by atoms with van der Waals surface area (Å²) in [6.45, 7) is 0. The number of anilines is 1. The van der Waals surface area contributed by atoms with E-state index in [1.165, 1.54) is 42.5 Å². The van der Waals surface area contributed by atoms with Gasteiger partial charge in [-0.15, -0.1) is 0 Å². The molecular formula is C19H13F4N3O. The zero-order chi connectivity index (χ0) is 19.4. The van der Waals surface area contributed by atoms with Gasteiger partial charge < -0.3 is 5.32 Å². The lowest BCUT2D eigenvalue weighted by Crippen LogP contribution is -2.10. The molecule has 0 aliphatic carbocycles. The minimum Gasteiger partial charge on any atom is -0.305 e. The average molecular weight is 375 g/mol. The summed E-state index contributed by atoms with van der Waals surface area (Å²) in [5.74, 6) is -1.32. The van der Waals surface area contributed by atoms with Gasteiger partial charge in [0.05, 0.1) is 5.56 Å². The van der Waals surface area contributed by atoms with Crippen molar-refractivity contribution in [3.05, 3.63) is 77.7 Å². The molecule has 0 spiro atoms. The monoisotopic (exact) mass is 375 g/mol. The number of hydrogen-bond acceptors (Lipinski definition) is 2. The van der Waals surface area contributed by atoms with Crippen molar-refractivity contribution in [1.82, 2.24) is 10.2 Å². The highest BCUT2D eigenvalue weighted by Gasteiger charge is 2.38. The van der Waals surface area contributed by atoms with E-state index in [1.807, 2.05) is 5.10 Å². The third kappa shape index (κ3) is 4.41. The second-order valence-corrected chi connectivity index (χ2v) is 5.56. The van der Waals surface area contributed by atoms with Gasteiger partial charge in [0, 0.05) is 6.08 Å². The van der Waals surface area contributed by atoms with Crippen LogP contribution in [0.4, 0.5) is 23.4 Å². The molecule has 1 amide bonds. The van der Waals surface area contributed by atoms with Gasteiger partial charge in [0.15, 0.2) is 5.82 Å². The van der Waals surface area contributed by atoms with Gasteiger partial charge in [-0.25, -0.2) is 4.39 Å². The van der Waals surface area contributed by atoms with Crippen molar-refractivity contribution in [2.24, 2.45) is 0 Å². The summed E-state index contributed by atoms with van der Waals surface area (Å²) < 4.78 is 52.6. The standard InChI is InChI=1S/C19H13F4N3O/c20-14-9-6-12(7-10-14)8-11-15(27)24-18-16(13-4-2-1-3-5-13)17(25-26-18)19(21,22)23/h1-11H,(H2,24,25,26,27)/b11-8+. The van der Waals surface area contributed by atoms with Crippen LogP contribution in [-0.4, -0.2) is 16.1 Å². The Bertz CT molecular complexity index is 961. The van der Waals surface area contributed by atoms with E-state index in [0.717, 1.165) is 6.08 Å². The van der Waals surface area contributed by atoms with Crippen LogP contribution in [-0.2, 0) is 11.0 Å². The number of rotatable bonds is 4. The molecule has 0 unspecified atom stereocenters. The van der Waals surface area contributed by atoms with Crippen molar-refractivity contribution in [3.8, 4) is 11.1 Å². The molecule has 27 heavy (non-hydrogen) atoms. The van der Waals surface area contributed by atoms with Crippen LogP contribution in [0.25, 0.3) is 17.2 Å². The molecule has 8 heteroatoms. The number of nitrogens with one attached hydrogen (secondary N) is 2. The summed E-state index contributed by atoms with van der Waals surface area (Å²) in [7, 11) is 0. The average Bonchev–Trinajstić information content (AvgIpc) is 3.06. The molecule has 138 valence electrons. The molecule has 0 bridgehead atoms. The van der Waals surface area contributed by atoms with Crippen LogP contribution in [0.2, 0.25) is 0 Å². The van der Waals surface area contributed by atoms with Crippen LogP contribution >= 0.6 is 0 Å². The summed E-state index contributed by atoms with van der Waals surface area (Å²) in [4.78, 5) is 12.1. The molecule has 1 heterocycles. The SMILES string of the molecule is O=C(/C=C/c1ccc(F)cc1)Nc1n[nH]c(C(F)(F)F)c1-c1ccccc1. The fourth-order valence-corrected chi connectivity index (χ4v) is 2.43. The molecule has 0 fully saturated rings. The van der Waals surface area contributed by atoms with E-state index >= 15 is 0 Å². The van der Waals surface area contributed by atoms with Gasteiger partial charge in [-0.3, -0.25) is 9.89 Å². The highest BCUT2D eigenvalue weighted by molar-refractivity contribution is 6.03. The summed E-state index contributed by atoms with van der Waals surface area (Å²) in [6.07, 6.45) is -2.12. The second kappa shape index (κ2) is 7.45. The number of benzene rings is 2. The smallest absolute Gasteiger partial charge is 0.305 e. The molecule has 1 aromatic heterocycles. The zero-order valence-corrected chi connectivity index (χ0v) is 13.7. The van der Waals surface area contributed by atoms with Gasteiger partial charge >= 0.3 is 6.18 Å². The van der Waals surface area contributed by atoms with E-state index in [-0.39, 0.29) is 16.9 Å². The Morgan fingerprint density at radius 3 is 2.33 bits per heavy atom. The van der Waals surface area contributed by atoms with Crippen LogP contribution in [0.5, 0.6) is 0 Å². The molecule has 0 radical (unpaired) electrons. The normalized spacial score (nSPS) is 11.7. The predicted molar refractivity (Wildman–Crippen MR) is 93.1 cm³/mol. The molecular weight excluding hydrogens is 362 g/mol. The molecule has 2 N–H and O–H groups in total. The van der Waals surface area contributed by atoms with E-state index in [1.54, 1.807) is 18.2 Å². The lowest BCUT2D eigenvalue weighted by atomic mass is 10.1. The largest absolute Gasteiger partial charge is 0.433 e. The predicted octanol–water partition coefficient (Wildman–Crippen LogP) is 4.89. The molecule has 3 aromatic rings. The number of alkyl halides is 3. The Balaban J connectivity index is 1.87. The number of halogens is 4. The molecule has 0 aliphatic heterocycles. The number of H-pyrrole nitrogens is 1. The zero-order valence-electron chi connectivity index (χ0n) is 13.7. The third-order valence-electron chi connectivity index (χ3n) is 3.65. The van der Waals surface area contributed by atoms with Crippen molar-refractivity contribution in [2.75, 3.05) is 5.32 Å². The van der Waals surface area contributed by atoms with Crippen LogP contribution in [0, 0.1) is 5.82 Å². The van der Waals surface area contributed by atoms with Crippen molar-refractivity contribution in [1.29, 1.82) is 0 Å². The first-order chi connectivity index (χ1) is 12.8. The fourth-order valence-electron chi connectivity index (χ4n) is 2.43. The summed E-state index contributed by atoms with van der Waals surface area (Å²) in [6, 6.07) is 13.2. The third-order valence-corrected chi connectivity index (χ3v) is 3.65. The molecule has 0 saturated heterocycles. The van der Waals surface area contributed by atoms with Crippen LogP contribution in [0.3, 0.4) is 0 Å². The molecule has 0 saturated carbocycles. The summed E-state index contributed by atoms with van der Waals surface area (Å²) >= 11 is 0. The Kier molecular flexibility index (Phi) is 5.07. The van der Waals surface area contributed by atoms with Crippen molar-refractivity contribution < 1.29 is 22.4 Å². The summed E-state index contributed by atoms with van der Waals surface area (Å²) in [5.41, 5.74) is -0.470. The number of aromatic nitrogens is 2. The van der Waals surface area contributed by atoms with Crippen molar-refractivity contribution >= 4 is 17.8 Å². The maximum atomic E-state index is 13.3. The molecule has 4 nitrogen and oxygen atoms in total. The van der Waals surface area contributed by atoms with Gasteiger partial charge in [-0.05, 0) is 29.3 Å². The Hall–Kier alpha value is -3.42. The maximum Gasteiger partial charge on any atom is 0.433 e. The fraction of sp³-hybridized carbons (Fsp3) is 0.0526. The number of carbonyl (C=O) groups excluding carboxylic acids is 1. The van der Waals surface area contributed by atoms with Gasteiger partial charge in [-0.2, -0.15) is 18.3 Å². The van der Waals surface area contributed by atoms with E-state index < -0.39 is 23.6 Å². The first-order valence-electron chi connectivity index (χ1n) is 7.80. The number of aromatic amines is 1. The molecule has 2 aromatic carbocycles. The molecule has 0 aliphatic rings. The van der Waals surface area contributed by atoms with E-state index in [2.05, 4.69) is 10.4 Å². The van der Waals surface area contributed by atoms with E-state index in [9.17, 15) is 22.4 Å². The van der Waals surface area contributed by atoms with Gasteiger partial charge in [0.1, 0.15) is 11.5 Å². The Morgan fingerprint density at radius 1 is 1.04 bits per heavy atom. The van der Waals surface area contributed by atoms with Crippen molar-refractivity contribution in [3.63, 3.8) is 0 Å². The molecule has 0 atom stereocenters. The highest BCUT2D eigenvalue weighted by atomic mass is 19.4. The molecule has 3 rings (SSSR count). The Morgan fingerprint density at radius 2 is 1.70 bits per heavy atom. The van der Waals surface area contributed by atoms with Crippen LogP contribution < -0.4 is 5.32 Å². The number of hydrogen-bond donors (Lipinski definition) is 2. The lowest BCUT2D eigenvalue weighted by Gasteiger charge is -2.09. The first kappa shape index (κ1) is 18.4.